The summed E-state index contributed by atoms with van der Waals surface area (Å²) in [4.78, 5) is 10.3. The Labute approximate surface area is 64.7 Å². The molecule has 0 saturated heterocycles. The maximum atomic E-state index is 10.3. The minimum Gasteiger partial charge on any atom is -0.405 e. The third-order valence-corrected chi connectivity index (χ3v) is 1.01. The molecule has 10 heavy (non-hydrogen) atoms. The topological polar surface area (TPSA) is 43.1 Å². The van der Waals surface area contributed by atoms with Crippen molar-refractivity contribution in [3.8, 4) is 0 Å². The van der Waals surface area contributed by atoms with Crippen molar-refractivity contribution in [3.63, 3.8) is 0 Å². The number of nitrogens with two attached hydrogens (primary N) is 1. The lowest BCUT2D eigenvalue weighted by Crippen LogP contribution is -1.85. The third-order valence-electron chi connectivity index (χ3n) is 0.772. The molecule has 0 aliphatic heterocycles. The van der Waals surface area contributed by atoms with Crippen LogP contribution in [0.5, 0.6) is 0 Å². The van der Waals surface area contributed by atoms with Gasteiger partial charge in [-0.05, 0) is 23.9 Å². The molecule has 0 spiro atoms. The molecule has 0 bridgehead atoms. The summed E-state index contributed by atoms with van der Waals surface area (Å²) in [6, 6.07) is 0. The molecule has 0 heterocycles. The molecule has 0 radical (unpaired) electrons. The van der Waals surface area contributed by atoms with E-state index in [1.807, 2.05) is 0 Å². The fraction of sp³-hybridized carbons (Fsp3) is 0. The molecule has 0 aromatic heterocycles. The van der Waals surface area contributed by atoms with Gasteiger partial charge in [-0.2, -0.15) is 0 Å². The summed E-state index contributed by atoms with van der Waals surface area (Å²) in [6.07, 6.45) is 5.99. The van der Waals surface area contributed by atoms with Gasteiger partial charge in [0.1, 0.15) is 0 Å². The number of carbonyl (C=O) groups is 1. The zero-order valence-electron chi connectivity index (χ0n) is 5.38. The highest BCUT2D eigenvalue weighted by Crippen LogP contribution is 1.97. The van der Waals surface area contributed by atoms with Gasteiger partial charge in [0.05, 0.1) is 0 Å². The number of halogens is 1. The number of carbonyl (C=O) groups excluding carboxylic acids is 1. The lowest BCUT2D eigenvalue weighted by Gasteiger charge is -1.84. The molecule has 0 rings (SSSR count). The third kappa shape index (κ3) is 3.92. The van der Waals surface area contributed by atoms with Crippen molar-refractivity contribution in [1.82, 2.24) is 0 Å². The zero-order valence-corrected chi connectivity index (χ0v) is 6.14. The highest BCUT2D eigenvalue weighted by Gasteiger charge is 1.94. The van der Waals surface area contributed by atoms with Crippen LogP contribution in [0.4, 0.5) is 0 Å². The normalized spacial score (nSPS) is 10.9. The maximum Gasteiger partial charge on any atom is 0.251 e. The highest BCUT2D eigenvalue weighted by atomic mass is 35.5. The van der Waals surface area contributed by atoms with E-state index in [0.717, 1.165) is 0 Å². The Balaban J connectivity index is 3.90. The first-order valence-corrected chi connectivity index (χ1v) is 3.00. The molecule has 2 nitrogen and oxygen atoms in total. The Hall–Kier alpha value is -1.02. The van der Waals surface area contributed by atoms with E-state index < -0.39 is 5.24 Å². The van der Waals surface area contributed by atoms with Gasteiger partial charge in [-0.3, -0.25) is 4.79 Å². The van der Waals surface area contributed by atoms with Crippen LogP contribution >= 0.6 is 11.6 Å². The highest BCUT2D eigenvalue weighted by molar-refractivity contribution is 6.68. The average molecular weight is 158 g/mol. The van der Waals surface area contributed by atoms with Crippen LogP contribution in [-0.4, -0.2) is 5.24 Å². The van der Waals surface area contributed by atoms with Crippen molar-refractivity contribution in [2.75, 3.05) is 0 Å². The van der Waals surface area contributed by atoms with Crippen molar-refractivity contribution in [2.24, 2.45) is 5.73 Å². The van der Waals surface area contributed by atoms with Gasteiger partial charge in [0, 0.05) is 5.57 Å². The van der Waals surface area contributed by atoms with E-state index in [4.69, 9.17) is 17.3 Å². The maximum absolute atomic E-state index is 10.3. The van der Waals surface area contributed by atoms with Gasteiger partial charge in [0.15, 0.2) is 0 Å². The molecule has 0 aliphatic carbocycles. The molecule has 0 amide bonds. The van der Waals surface area contributed by atoms with E-state index >= 15 is 0 Å². The smallest absolute Gasteiger partial charge is 0.251 e. The number of hydrogen-bond donors (Lipinski definition) is 1. The SMILES string of the molecule is C=C(/C=C\C=C/N)C(=O)Cl. The Morgan fingerprint density at radius 3 is 2.50 bits per heavy atom. The predicted molar refractivity (Wildman–Crippen MR) is 42.5 cm³/mol. The van der Waals surface area contributed by atoms with Crippen LogP contribution < -0.4 is 5.73 Å². The van der Waals surface area contributed by atoms with E-state index in [9.17, 15) is 4.79 Å². The molecule has 3 heteroatoms. The van der Waals surface area contributed by atoms with Crippen molar-refractivity contribution >= 4 is 16.8 Å². The van der Waals surface area contributed by atoms with Crippen LogP contribution in [0.25, 0.3) is 0 Å². The van der Waals surface area contributed by atoms with Crippen LogP contribution in [0.3, 0.4) is 0 Å². The minimum atomic E-state index is -0.554. The summed E-state index contributed by atoms with van der Waals surface area (Å²) < 4.78 is 0. The second-order valence-electron chi connectivity index (χ2n) is 1.54. The van der Waals surface area contributed by atoms with Crippen LogP contribution in [0.2, 0.25) is 0 Å². The average Bonchev–Trinajstić information content (AvgIpc) is 1.88. The monoisotopic (exact) mass is 157 g/mol. The molecule has 0 aliphatic rings. The van der Waals surface area contributed by atoms with Gasteiger partial charge in [-0.1, -0.05) is 18.7 Å². The first-order valence-electron chi connectivity index (χ1n) is 2.62. The van der Waals surface area contributed by atoms with Crippen molar-refractivity contribution in [2.45, 2.75) is 0 Å². The first kappa shape index (κ1) is 8.98. The fourth-order valence-electron chi connectivity index (χ4n) is 0.301. The second kappa shape index (κ2) is 4.82. The largest absolute Gasteiger partial charge is 0.405 e. The van der Waals surface area contributed by atoms with Crippen LogP contribution in [0.1, 0.15) is 0 Å². The Bertz CT molecular complexity index is 194. The Morgan fingerprint density at radius 1 is 1.50 bits per heavy atom. The lowest BCUT2D eigenvalue weighted by molar-refractivity contribution is -0.108. The van der Waals surface area contributed by atoms with E-state index in [-0.39, 0.29) is 5.57 Å². The van der Waals surface area contributed by atoms with Crippen molar-refractivity contribution in [1.29, 1.82) is 0 Å². The molecule has 0 unspecified atom stereocenters. The van der Waals surface area contributed by atoms with Gasteiger partial charge >= 0.3 is 0 Å². The Morgan fingerprint density at radius 2 is 2.10 bits per heavy atom. The van der Waals surface area contributed by atoms with Crippen molar-refractivity contribution in [3.05, 3.63) is 36.6 Å². The number of hydrogen-bond acceptors (Lipinski definition) is 2. The first-order chi connectivity index (χ1) is 4.68. The van der Waals surface area contributed by atoms with Gasteiger partial charge in [0.25, 0.3) is 5.24 Å². The minimum absolute atomic E-state index is 0.250. The fourth-order valence-corrected chi connectivity index (χ4v) is 0.364. The van der Waals surface area contributed by atoms with E-state index in [0.29, 0.717) is 0 Å². The summed E-state index contributed by atoms with van der Waals surface area (Å²) in [5.74, 6) is 0. The van der Waals surface area contributed by atoms with E-state index in [2.05, 4.69) is 6.58 Å². The standard InChI is InChI=1S/C7H8ClNO/c1-6(7(8)10)4-2-3-5-9/h2-5H,1,9H2/b4-2-,5-3-. The lowest BCUT2D eigenvalue weighted by atomic mass is 10.3. The molecule has 0 saturated carbocycles. The molecule has 0 aromatic carbocycles. The van der Waals surface area contributed by atoms with Gasteiger partial charge in [0.2, 0.25) is 0 Å². The molecule has 0 atom stereocenters. The molecule has 0 aromatic rings. The van der Waals surface area contributed by atoms with Crippen molar-refractivity contribution < 1.29 is 4.79 Å². The summed E-state index contributed by atoms with van der Waals surface area (Å²) >= 11 is 5.06. The number of allylic oxidation sites excluding steroid dienone is 4. The van der Waals surface area contributed by atoms with Crippen LogP contribution in [-0.2, 0) is 4.79 Å². The quantitative estimate of drug-likeness (QED) is 0.382. The molecular formula is C7H8ClNO. The van der Waals surface area contributed by atoms with Gasteiger partial charge in [-0.15, -0.1) is 0 Å². The zero-order chi connectivity index (χ0) is 7.98. The van der Waals surface area contributed by atoms with Gasteiger partial charge < -0.3 is 5.73 Å². The molecule has 0 fully saturated rings. The van der Waals surface area contributed by atoms with Gasteiger partial charge in [-0.25, -0.2) is 0 Å². The number of rotatable bonds is 3. The summed E-state index contributed by atoms with van der Waals surface area (Å²) in [5.41, 5.74) is 5.26. The van der Waals surface area contributed by atoms with E-state index in [1.165, 1.54) is 12.3 Å². The molecule has 2 N–H and O–H groups in total. The van der Waals surface area contributed by atoms with E-state index in [1.54, 1.807) is 12.2 Å². The molecule has 54 valence electrons. The summed E-state index contributed by atoms with van der Waals surface area (Å²) in [5, 5.41) is -0.554. The summed E-state index contributed by atoms with van der Waals surface area (Å²) in [7, 11) is 0. The van der Waals surface area contributed by atoms with Crippen LogP contribution in [0.15, 0.2) is 36.6 Å². The second-order valence-corrected chi connectivity index (χ2v) is 1.89. The summed E-state index contributed by atoms with van der Waals surface area (Å²) in [6.45, 7) is 3.38. The van der Waals surface area contributed by atoms with Crippen LogP contribution in [0, 0.1) is 0 Å². The Kier molecular flexibility index (Phi) is 4.33. The predicted octanol–water partition coefficient (Wildman–Crippen LogP) is 1.34. The molecular weight excluding hydrogens is 150 g/mol.